The first-order valence-electron chi connectivity index (χ1n) is 9.62. The SMILES string of the molecule is Cn1ccnc1C(O)(CCNC(=O)C1c2ccccc2Oc2ccccc21)C(F)(F)F. The first-order chi connectivity index (χ1) is 14.7. The zero-order valence-electron chi connectivity index (χ0n) is 16.6. The van der Waals surface area contributed by atoms with Gasteiger partial charge in [-0.1, -0.05) is 36.4 Å². The smallest absolute Gasteiger partial charge is 0.424 e. The van der Waals surface area contributed by atoms with Crippen LogP contribution in [0.3, 0.4) is 0 Å². The molecule has 1 unspecified atom stereocenters. The Kier molecular flexibility index (Phi) is 5.22. The van der Waals surface area contributed by atoms with Gasteiger partial charge >= 0.3 is 6.18 Å². The summed E-state index contributed by atoms with van der Waals surface area (Å²) in [6.07, 6.45) is -3.24. The van der Waals surface area contributed by atoms with Gasteiger partial charge < -0.3 is 19.7 Å². The van der Waals surface area contributed by atoms with Crippen molar-refractivity contribution in [3.63, 3.8) is 0 Å². The van der Waals surface area contributed by atoms with Crippen LogP contribution in [0.25, 0.3) is 0 Å². The summed E-state index contributed by atoms with van der Waals surface area (Å²) >= 11 is 0. The van der Waals surface area contributed by atoms with E-state index in [1.165, 1.54) is 19.4 Å². The second kappa shape index (κ2) is 7.73. The van der Waals surface area contributed by atoms with E-state index in [1.54, 1.807) is 48.5 Å². The van der Waals surface area contributed by atoms with Gasteiger partial charge in [0.1, 0.15) is 17.3 Å². The van der Waals surface area contributed by atoms with Crippen molar-refractivity contribution in [1.29, 1.82) is 0 Å². The number of alkyl halides is 3. The molecule has 1 atom stereocenters. The fourth-order valence-electron chi connectivity index (χ4n) is 3.81. The van der Waals surface area contributed by atoms with Crippen LogP contribution in [0.2, 0.25) is 0 Å². The third kappa shape index (κ3) is 3.65. The van der Waals surface area contributed by atoms with Crippen LogP contribution in [-0.2, 0) is 17.4 Å². The molecule has 0 aliphatic carbocycles. The molecular formula is C22H20F3N3O3. The Bertz CT molecular complexity index is 1070. The van der Waals surface area contributed by atoms with Crippen LogP contribution in [0.15, 0.2) is 60.9 Å². The number of carbonyl (C=O) groups excluding carboxylic acids is 1. The lowest BCUT2D eigenvalue weighted by molar-refractivity contribution is -0.272. The molecule has 0 spiro atoms. The van der Waals surface area contributed by atoms with Crippen LogP contribution in [0, 0.1) is 0 Å². The van der Waals surface area contributed by atoms with Crippen molar-refractivity contribution in [2.75, 3.05) is 6.54 Å². The van der Waals surface area contributed by atoms with Gasteiger partial charge in [-0.15, -0.1) is 0 Å². The minimum absolute atomic E-state index is 0.399. The molecule has 1 aliphatic rings. The zero-order chi connectivity index (χ0) is 22.2. The van der Waals surface area contributed by atoms with Gasteiger partial charge in [0.2, 0.25) is 11.5 Å². The molecular weight excluding hydrogens is 411 g/mol. The minimum Gasteiger partial charge on any atom is -0.457 e. The molecule has 1 amide bonds. The van der Waals surface area contributed by atoms with Gasteiger partial charge in [-0.25, -0.2) is 4.98 Å². The number of hydrogen-bond donors (Lipinski definition) is 2. The molecule has 9 heteroatoms. The number of amides is 1. The summed E-state index contributed by atoms with van der Waals surface area (Å²) in [5, 5.41) is 13.0. The van der Waals surface area contributed by atoms with E-state index >= 15 is 0 Å². The number of aliphatic hydroxyl groups is 1. The Hall–Kier alpha value is -3.33. The van der Waals surface area contributed by atoms with Gasteiger partial charge in [0.05, 0.1) is 5.92 Å². The number of nitrogens with one attached hydrogen (secondary N) is 1. The van der Waals surface area contributed by atoms with Gasteiger partial charge in [0, 0.05) is 43.5 Å². The maximum absolute atomic E-state index is 13.7. The Balaban J connectivity index is 1.56. The van der Waals surface area contributed by atoms with E-state index in [4.69, 9.17) is 4.74 Å². The van der Waals surface area contributed by atoms with Crippen molar-refractivity contribution in [2.24, 2.45) is 7.05 Å². The van der Waals surface area contributed by atoms with Crippen molar-refractivity contribution in [2.45, 2.75) is 24.1 Å². The first-order valence-corrected chi connectivity index (χ1v) is 9.62. The van der Waals surface area contributed by atoms with Crippen molar-refractivity contribution in [1.82, 2.24) is 14.9 Å². The summed E-state index contributed by atoms with van der Waals surface area (Å²) in [5.41, 5.74) is -1.95. The molecule has 6 nitrogen and oxygen atoms in total. The number of rotatable bonds is 5. The van der Waals surface area contributed by atoms with Crippen molar-refractivity contribution >= 4 is 5.91 Å². The number of nitrogens with zero attached hydrogens (tertiary/aromatic N) is 2. The van der Waals surface area contributed by atoms with E-state index < -0.39 is 42.4 Å². The van der Waals surface area contributed by atoms with Crippen molar-refractivity contribution < 1.29 is 27.8 Å². The third-order valence-electron chi connectivity index (χ3n) is 5.39. The van der Waals surface area contributed by atoms with E-state index in [9.17, 15) is 23.1 Å². The van der Waals surface area contributed by atoms with Crippen LogP contribution in [0.5, 0.6) is 11.5 Å². The predicted octanol–water partition coefficient (Wildman–Crippen LogP) is 3.61. The van der Waals surface area contributed by atoms with Crippen LogP contribution in [0.4, 0.5) is 13.2 Å². The molecule has 0 bridgehead atoms. The molecule has 0 saturated carbocycles. The van der Waals surface area contributed by atoms with E-state index in [1.807, 2.05) is 0 Å². The normalized spacial score (nSPS) is 15.4. The maximum atomic E-state index is 13.7. The molecule has 4 rings (SSSR count). The van der Waals surface area contributed by atoms with E-state index in [0.29, 0.717) is 22.6 Å². The first kappa shape index (κ1) is 20.9. The largest absolute Gasteiger partial charge is 0.457 e. The topological polar surface area (TPSA) is 76.4 Å². The van der Waals surface area contributed by atoms with Crippen molar-refractivity contribution in [3.05, 3.63) is 77.9 Å². The summed E-state index contributed by atoms with van der Waals surface area (Å²) in [7, 11) is 1.37. The van der Waals surface area contributed by atoms with E-state index in [-0.39, 0.29) is 0 Å². The number of hydrogen-bond acceptors (Lipinski definition) is 4. The zero-order valence-corrected chi connectivity index (χ0v) is 16.6. The molecule has 1 aromatic heterocycles. The number of aromatic nitrogens is 2. The van der Waals surface area contributed by atoms with Gasteiger partial charge in [-0.05, 0) is 12.1 Å². The maximum Gasteiger partial charge on any atom is 0.424 e. The van der Waals surface area contributed by atoms with Gasteiger partial charge in [0.15, 0.2) is 0 Å². The highest BCUT2D eigenvalue weighted by Gasteiger charge is 2.57. The average molecular weight is 431 g/mol. The number of halogens is 3. The Morgan fingerprint density at radius 2 is 1.71 bits per heavy atom. The monoisotopic (exact) mass is 431 g/mol. The van der Waals surface area contributed by atoms with Crippen LogP contribution < -0.4 is 10.1 Å². The number of ether oxygens (including phenoxy) is 1. The molecule has 162 valence electrons. The van der Waals surface area contributed by atoms with Crippen LogP contribution in [0.1, 0.15) is 29.3 Å². The Labute approximate surface area is 176 Å². The molecule has 0 saturated heterocycles. The minimum atomic E-state index is -4.96. The fourth-order valence-corrected chi connectivity index (χ4v) is 3.81. The lowest BCUT2D eigenvalue weighted by Crippen LogP contribution is -2.47. The van der Waals surface area contributed by atoms with Crippen LogP contribution in [-0.4, -0.2) is 33.3 Å². The molecule has 1 aliphatic heterocycles. The molecule has 31 heavy (non-hydrogen) atoms. The van der Waals surface area contributed by atoms with E-state index in [0.717, 1.165) is 4.57 Å². The molecule has 3 aromatic rings. The third-order valence-corrected chi connectivity index (χ3v) is 5.39. The quantitative estimate of drug-likeness (QED) is 0.647. The van der Waals surface area contributed by atoms with Crippen molar-refractivity contribution in [3.8, 4) is 11.5 Å². The predicted molar refractivity (Wildman–Crippen MR) is 106 cm³/mol. The number of aryl methyl sites for hydroxylation is 1. The number of para-hydroxylation sites is 2. The second-order valence-corrected chi connectivity index (χ2v) is 7.37. The number of benzene rings is 2. The summed E-state index contributed by atoms with van der Waals surface area (Å²) < 4.78 is 48.0. The van der Waals surface area contributed by atoms with Gasteiger partial charge in [-0.2, -0.15) is 13.2 Å². The molecule has 0 radical (unpaired) electrons. The van der Waals surface area contributed by atoms with Gasteiger partial charge in [-0.3, -0.25) is 4.79 Å². The fraction of sp³-hybridized carbons (Fsp3) is 0.273. The summed E-state index contributed by atoms with van der Waals surface area (Å²) in [6, 6.07) is 14.0. The lowest BCUT2D eigenvalue weighted by Gasteiger charge is -2.31. The highest BCUT2D eigenvalue weighted by molar-refractivity contribution is 5.89. The van der Waals surface area contributed by atoms with Gasteiger partial charge in [0.25, 0.3) is 0 Å². The van der Waals surface area contributed by atoms with Crippen LogP contribution >= 0.6 is 0 Å². The molecule has 2 N–H and O–H groups in total. The summed E-state index contributed by atoms with van der Waals surface area (Å²) in [4.78, 5) is 16.7. The second-order valence-electron chi connectivity index (χ2n) is 7.37. The summed E-state index contributed by atoms with van der Waals surface area (Å²) in [5.74, 6) is -0.723. The lowest BCUT2D eigenvalue weighted by atomic mass is 9.87. The van der Waals surface area contributed by atoms with E-state index in [2.05, 4.69) is 10.3 Å². The summed E-state index contributed by atoms with van der Waals surface area (Å²) in [6.45, 7) is -0.399. The standard InChI is InChI=1S/C22H20F3N3O3/c1-28-13-12-27-20(28)21(30,22(23,24)25)10-11-26-19(29)18-14-6-2-4-8-16(14)31-17-9-5-3-7-15(17)18/h2-9,12-13,18,30H,10-11H2,1H3,(H,26,29). The average Bonchev–Trinajstić information content (AvgIpc) is 3.17. The Morgan fingerprint density at radius 3 is 2.23 bits per heavy atom. The molecule has 2 heterocycles. The Morgan fingerprint density at radius 1 is 1.13 bits per heavy atom. The molecule has 2 aromatic carbocycles. The molecule has 0 fully saturated rings. The highest BCUT2D eigenvalue weighted by atomic mass is 19.4. The number of carbonyl (C=O) groups is 1. The number of fused-ring (bicyclic) bond motifs is 2. The highest BCUT2D eigenvalue weighted by Crippen LogP contribution is 2.44. The number of imidazole rings is 1.